The molecule has 1 aromatic rings. The Bertz CT molecular complexity index is 381. The molecule has 0 bridgehead atoms. The number of rotatable bonds is 6. The summed E-state index contributed by atoms with van der Waals surface area (Å²) in [5.74, 6) is 1.27. The van der Waals surface area contributed by atoms with Gasteiger partial charge in [0.2, 0.25) is 5.91 Å². The summed E-state index contributed by atoms with van der Waals surface area (Å²) in [7, 11) is 0. The number of carbonyl (C=O) groups excluding carboxylic acids is 1. The van der Waals surface area contributed by atoms with E-state index in [1.165, 1.54) is 0 Å². The van der Waals surface area contributed by atoms with Crippen molar-refractivity contribution >= 4 is 18.3 Å². The molecule has 1 saturated heterocycles. The van der Waals surface area contributed by atoms with Crippen molar-refractivity contribution in [3.63, 3.8) is 0 Å². The molecule has 0 spiro atoms. The zero-order valence-corrected chi connectivity index (χ0v) is 12.5. The Morgan fingerprint density at radius 2 is 1.95 bits per heavy atom. The highest BCUT2D eigenvalue weighted by Crippen LogP contribution is 2.11. The smallest absolute Gasteiger partial charge is 0.223 e. The lowest BCUT2D eigenvalue weighted by Crippen LogP contribution is -2.38. The molecule has 1 aliphatic rings. The zero-order valence-electron chi connectivity index (χ0n) is 11.6. The average molecular weight is 299 g/mol. The van der Waals surface area contributed by atoms with Crippen LogP contribution in [0.3, 0.4) is 0 Å². The lowest BCUT2D eigenvalue weighted by atomic mass is 9.97. The van der Waals surface area contributed by atoms with Crippen molar-refractivity contribution < 1.29 is 9.53 Å². The molecule has 0 unspecified atom stereocenters. The van der Waals surface area contributed by atoms with Crippen molar-refractivity contribution in [3.05, 3.63) is 30.3 Å². The third kappa shape index (κ3) is 5.80. The number of para-hydroxylation sites is 1. The number of amides is 1. The molecule has 0 atom stereocenters. The fourth-order valence-corrected chi connectivity index (χ4v) is 2.22. The molecule has 2 rings (SSSR count). The molecule has 1 amide bonds. The second-order valence-corrected chi connectivity index (χ2v) is 4.83. The second-order valence-electron chi connectivity index (χ2n) is 4.83. The van der Waals surface area contributed by atoms with Crippen LogP contribution in [0.1, 0.15) is 19.3 Å². The van der Waals surface area contributed by atoms with Gasteiger partial charge in [-0.15, -0.1) is 12.4 Å². The van der Waals surface area contributed by atoms with Crippen LogP contribution in [0.15, 0.2) is 30.3 Å². The molecule has 1 fully saturated rings. The number of hydrogen-bond acceptors (Lipinski definition) is 3. The largest absolute Gasteiger partial charge is 0.494 e. The Labute approximate surface area is 126 Å². The first-order chi connectivity index (χ1) is 9.36. The van der Waals surface area contributed by atoms with Gasteiger partial charge >= 0.3 is 0 Å². The first kappa shape index (κ1) is 16.8. The van der Waals surface area contributed by atoms with Gasteiger partial charge in [-0.05, 0) is 44.5 Å². The van der Waals surface area contributed by atoms with Gasteiger partial charge in [-0.1, -0.05) is 18.2 Å². The highest BCUT2D eigenvalue weighted by molar-refractivity contribution is 5.85. The van der Waals surface area contributed by atoms with Gasteiger partial charge in [-0.3, -0.25) is 4.79 Å². The standard InChI is InChI=1S/C15H22N2O2.ClH/c18-15(13-7-10-16-11-8-13)17-9-4-12-19-14-5-2-1-3-6-14;/h1-3,5-6,13,16H,4,7-12H2,(H,17,18);1H. The van der Waals surface area contributed by atoms with E-state index in [0.29, 0.717) is 13.2 Å². The minimum atomic E-state index is 0. The molecule has 112 valence electrons. The number of benzene rings is 1. The summed E-state index contributed by atoms with van der Waals surface area (Å²) >= 11 is 0. The maximum absolute atomic E-state index is 11.9. The van der Waals surface area contributed by atoms with Gasteiger partial charge in [0, 0.05) is 12.5 Å². The van der Waals surface area contributed by atoms with Crippen LogP contribution >= 0.6 is 12.4 Å². The van der Waals surface area contributed by atoms with Gasteiger partial charge < -0.3 is 15.4 Å². The predicted molar refractivity (Wildman–Crippen MR) is 82.4 cm³/mol. The molecule has 1 aromatic carbocycles. The van der Waals surface area contributed by atoms with Gasteiger partial charge in [0.1, 0.15) is 5.75 Å². The number of piperidine rings is 1. The molecule has 0 aliphatic carbocycles. The van der Waals surface area contributed by atoms with Crippen LogP contribution in [0.2, 0.25) is 0 Å². The molecular formula is C15H23ClN2O2. The van der Waals surface area contributed by atoms with Crippen molar-refractivity contribution in [1.82, 2.24) is 10.6 Å². The summed E-state index contributed by atoms with van der Waals surface area (Å²) in [6.07, 6.45) is 2.74. The quantitative estimate of drug-likeness (QED) is 0.790. The van der Waals surface area contributed by atoms with E-state index in [-0.39, 0.29) is 24.2 Å². The Balaban J connectivity index is 0.00000200. The molecule has 2 N–H and O–H groups in total. The normalized spacial score (nSPS) is 15.2. The van der Waals surface area contributed by atoms with Crippen molar-refractivity contribution in [3.8, 4) is 5.75 Å². The molecule has 0 aromatic heterocycles. The summed E-state index contributed by atoms with van der Waals surface area (Å²) in [5.41, 5.74) is 0. The van der Waals surface area contributed by atoms with E-state index in [9.17, 15) is 4.79 Å². The highest BCUT2D eigenvalue weighted by atomic mass is 35.5. The fourth-order valence-electron chi connectivity index (χ4n) is 2.22. The van der Waals surface area contributed by atoms with Gasteiger partial charge in [0.25, 0.3) is 0 Å². The minimum absolute atomic E-state index is 0. The zero-order chi connectivity index (χ0) is 13.3. The molecular weight excluding hydrogens is 276 g/mol. The van der Waals surface area contributed by atoms with Crippen LogP contribution in [-0.4, -0.2) is 32.1 Å². The van der Waals surface area contributed by atoms with Gasteiger partial charge in [-0.2, -0.15) is 0 Å². The summed E-state index contributed by atoms with van der Waals surface area (Å²) < 4.78 is 5.57. The van der Waals surface area contributed by atoms with E-state index in [1.807, 2.05) is 30.3 Å². The SMILES string of the molecule is Cl.O=C(NCCCOc1ccccc1)C1CCNCC1. The van der Waals surface area contributed by atoms with Crippen molar-refractivity contribution in [1.29, 1.82) is 0 Å². The van der Waals surface area contributed by atoms with E-state index < -0.39 is 0 Å². The Morgan fingerprint density at radius 3 is 2.65 bits per heavy atom. The van der Waals surface area contributed by atoms with Crippen LogP contribution in [0.5, 0.6) is 5.75 Å². The third-order valence-electron chi connectivity index (χ3n) is 3.34. The van der Waals surface area contributed by atoms with E-state index in [2.05, 4.69) is 10.6 Å². The Morgan fingerprint density at radius 1 is 1.25 bits per heavy atom. The summed E-state index contributed by atoms with van der Waals surface area (Å²) in [6.45, 7) is 3.23. The third-order valence-corrected chi connectivity index (χ3v) is 3.34. The predicted octanol–water partition coefficient (Wildman–Crippen LogP) is 1.99. The summed E-state index contributed by atoms with van der Waals surface area (Å²) in [4.78, 5) is 11.9. The molecule has 1 heterocycles. The minimum Gasteiger partial charge on any atom is -0.494 e. The van der Waals surface area contributed by atoms with Crippen LogP contribution in [0, 0.1) is 5.92 Å². The summed E-state index contributed by atoms with van der Waals surface area (Å²) in [5, 5.41) is 6.26. The van der Waals surface area contributed by atoms with E-state index in [0.717, 1.165) is 38.1 Å². The van der Waals surface area contributed by atoms with Crippen molar-refractivity contribution in [2.75, 3.05) is 26.2 Å². The van der Waals surface area contributed by atoms with Crippen LogP contribution < -0.4 is 15.4 Å². The number of ether oxygens (including phenoxy) is 1. The monoisotopic (exact) mass is 298 g/mol. The topological polar surface area (TPSA) is 50.4 Å². The summed E-state index contributed by atoms with van der Waals surface area (Å²) in [6, 6.07) is 9.75. The molecule has 5 heteroatoms. The van der Waals surface area contributed by atoms with Crippen molar-refractivity contribution in [2.45, 2.75) is 19.3 Å². The first-order valence-electron chi connectivity index (χ1n) is 7.02. The van der Waals surface area contributed by atoms with Crippen LogP contribution in [0.25, 0.3) is 0 Å². The van der Waals surface area contributed by atoms with Gasteiger partial charge in [0.15, 0.2) is 0 Å². The maximum atomic E-state index is 11.9. The van der Waals surface area contributed by atoms with Crippen molar-refractivity contribution in [2.24, 2.45) is 5.92 Å². The molecule has 0 saturated carbocycles. The van der Waals surface area contributed by atoms with Gasteiger partial charge in [-0.25, -0.2) is 0 Å². The molecule has 0 radical (unpaired) electrons. The highest BCUT2D eigenvalue weighted by Gasteiger charge is 2.19. The Kier molecular flexibility index (Phi) is 8.07. The first-order valence-corrected chi connectivity index (χ1v) is 7.02. The lowest BCUT2D eigenvalue weighted by Gasteiger charge is -2.21. The lowest BCUT2D eigenvalue weighted by molar-refractivity contribution is -0.125. The van der Waals surface area contributed by atoms with Gasteiger partial charge in [0.05, 0.1) is 6.61 Å². The fraction of sp³-hybridized carbons (Fsp3) is 0.533. The van der Waals surface area contributed by atoms with E-state index in [4.69, 9.17) is 4.74 Å². The van der Waals surface area contributed by atoms with Crippen LogP contribution in [-0.2, 0) is 4.79 Å². The molecule has 4 nitrogen and oxygen atoms in total. The number of hydrogen-bond donors (Lipinski definition) is 2. The second kappa shape index (κ2) is 9.61. The van der Waals surface area contributed by atoms with E-state index >= 15 is 0 Å². The maximum Gasteiger partial charge on any atom is 0.223 e. The van der Waals surface area contributed by atoms with E-state index in [1.54, 1.807) is 0 Å². The number of halogens is 1. The molecule has 1 aliphatic heterocycles. The van der Waals surface area contributed by atoms with Crippen LogP contribution in [0.4, 0.5) is 0 Å². The number of nitrogens with one attached hydrogen (secondary N) is 2. The average Bonchev–Trinajstić information content (AvgIpc) is 2.49. The Hall–Kier alpha value is -1.26. The molecule has 20 heavy (non-hydrogen) atoms. The number of carbonyl (C=O) groups is 1.